The summed E-state index contributed by atoms with van der Waals surface area (Å²) in [6.07, 6.45) is 0.861. The summed E-state index contributed by atoms with van der Waals surface area (Å²) in [5.41, 5.74) is 0.772. The van der Waals surface area contributed by atoms with E-state index in [0.717, 1.165) is 5.56 Å². The molecule has 4 nitrogen and oxygen atoms in total. The average Bonchev–Trinajstić information content (AvgIpc) is 2.90. The van der Waals surface area contributed by atoms with Crippen molar-refractivity contribution in [2.24, 2.45) is 0 Å². The first-order valence-corrected chi connectivity index (χ1v) is 6.96. The topological polar surface area (TPSA) is 60.4 Å². The summed E-state index contributed by atoms with van der Waals surface area (Å²) in [6.45, 7) is 0. The number of rotatable bonds is 2. The molecule has 3 rings (SSSR count). The zero-order valence-corrected chi connectivity index (χ0v) is 10.8. The molecule has 1 aromatic rings. The molecule has 0 radical (unpaired) electrons. The summed E-state index contributed by atoms with van der Waals surface area (Å²) in [4.78, 5) is 23.8. The number of hydrogen-bond donors (Lipinski definition) is 0. The van der Waals surface area contributed by atoms with E-state index in [1.165, 1.54) is 28.8 Å². The van der Waals surface area contributed by atoms with E-state index >= 15 is 0 Å². The molecule has 2 aliphatic rings. The lowest BCUT2D eigenvalue weighted by molar-refractivity contribution is -0.310. The highest BCUT2D eigenvalue weighted by Gasteiger charge is 2.55. The molecular formula is C13H11FNO3S-. The fourth-order valence-electron chi connectivity index (χ4n) is 2.83. The number of nitrogens with zero attached hydrogens (tertiary/aromatic N) is 1. The normalized spacial score (nSPS) is 29.6. The quantitative estimate of drug-likeness (QED) is 0.790. The van der Waals surface area contributed by atoms with Crippen LogP contribution in [0.3, 0.4) is 0 Å². The summed E-state index contributed by atoms with van der Waals surface area (Å²) in [5.74, 6) is -1.45. The van der Waals surface area contributed by atoms with E-state index in [-0.39, 0.29) is 11.7 Å². The van der Waals surface area contributed by atoms with Crippen molar-refractivity contribution in [1.29, 1.82) is 0 Å². The zero-order valence-electron chi connectivity index (χ0n) is 9.97. The minimum absolute atomic E-state index is 0.177. The number of carbonyl (C=O) groups is 2. The van der Waals surface area contributed by atoms with Gasteiger partial charge in [-0.05, 0) is 24.1 Å². The van der Waals surface area contributed by atoms with Gasteiger partial charge >= 0.3 is 0 Å². The van der Waals surface area contributed by atoms with E-state index in [0.29, 0.717) is 18.6 Å². The molecule has 0 aromatic heterocycles. The number of hydrogen-bond acceptors (Lipinski definition) is 4. The zero-order chi connectivity index (χ0) is 13.6. The van der Waals surface area contributed by atoms with E-state index in [1.54, 1.807) is 12.1 Å². The number of carboxylic acid groups (broad SMARTS) is 1. The highest BCUT2D eigenvalue weighted by molar-refractivity contribution is 8.00. The minimum Gasteiger partial charge on any atom is -0.548 e. The highest BCUT2D eigenvalue weighted by atomic mass is 32.2. The minimum atomic E-state index is -1.23. The maximum absolute atomic E-state index is 13.0. The number of amides is 1. The second-order valence-electron chi connectivity index (χ2n) is 4.70. The summed E-state index contributed by atoms with van der Waals surface area (Å²) in [6, 6.07) is 5.00. The first-order chi connectivity index (χ1) is 9.04. The monoisotopic (exact) mass is 280 g/mol. The molecular weight excluding hydrogens is 269 g/mol. The Labute approximate surface area is 113 Å². The van der Waals surface area contributed by atoms with Gasteiger partial charge in [-0.1, -0.05) is 12.1 Å². The third kappa shape index (κ3) is 1.74. The van der Waals surface area contributed by atoms with Gasteiger partial charge in [-0.2, -0.15) is 0 Å². The van der Waals surface area contributed by atoms with E-state index in [9.17, 15) is 19.1 Å². The Kier molecular flexibility index (Phi) is 2.78. The van der Waals surface area contributed by atoms with E-state index in [2.05, 4.69) is 0 Å². The van der Waals surface area contributed by atoms with Crippen LogP contribution in [0.2, 0.25) is 0 Å². The first kappa shape index (κ1) is 12.5. The van der Waals surface area contributed by atoms with Crippen LogP contribution in [0.4, 0.5) is 4.39 Å². The Bertz CT molecular complexity index is 547. The van der Waals surface area contributed by atoms with Gasteiger partial charge in [-0.25, -0.2) is 4.39 Å². The maximum Gasteiger partial charge on any atom is 0.224 e. The lowest BCUT2D eigenvalue weighted by Crippen LogP contribution is -2.50. The number of benzene rings is 1. The number of halogens is 1. The van der Waals surface area contributed by atoms with Crippen LogP contribution in [0.25, 0.3) is 0 Å². The predicted octanol–water partition coefficient (Wildman–Crippen LogP) is 0.466. The predicted molar refractivity (Wildman–Crippen MR) is 65.4 cm³/mol. The SMILES string of the molecule is O=C([O-])[C@@H]1CS[C@]2(c3ccc(F)cc3)CCC(=O)N12. The van der Waals surface area contributed by atoms with Crippen molar-refractivity contribution in [2.75, 3.05) is 5.75 Å². The standard InChI is InChI=1S/C13H12FNO3S/c14-9-3-1-8(2-4-9)13-6-5-11(16)15(13)10(7-19-13)12(17)18/h1-4,10H,5-7H2,(H,17,18)/p-1/t10-,13-/m0/s1. The van der Waals surface area contributed by atoms with Gasteiger partial charge in [0.25, 0.3) is 0 Å². The third-order valence-electron chi connectivity index (χ3n) is 3.69. The fourth-order valence-corrected chi connectivity index (χ4v) is 4.46. The van der Waals surface area contributed by atoms with Crippen molar-refractivity contribution in [1.82, 2.24) is 4.90 Å². The Hall–Kier alpha value is -1.56. The molecule has 0 saturated carbocycles. The molecule has 2 atom stereocenters. The van der Waals surface area contributed by atoms with Crippen molar-refractivity contribution >= 4 is 23.6 Å². The molecule has 0 aliphatic carbocycles. The van der Waals surface area contributed by atoms with Gasteiger partial charge in [0.2, 0.25) is 5.91 Å². The van der Waals surface area contributed by atoms with Crippen LogP contribution in [0.1, 0.15) is 18.4 Å². The Morgan fingerprint density at radius 3 is 2.74 bits per heavy atom. The number of fused-ring (bicyclic) bond motifs is 1. The number of thioether (sulfide) groups is 1. The van der Waals surface area contributed by atoms with Crippen LogP contribution in [0, 0.1) is 5.82 Å². The number of carboxylic acids is 1. The van der Waals surface area contributed by atoms with E-state index in [1.807, 2.05) is 0 Å². The first-order valence-electron chi connectivity index (χ1n) is 5.97. The van der Waals surface area contributed by atoms with Crippen LogP contribution in [-0.2, 0) is 14.5 Å². The van der Waals surface area contributed by atoms with Crippen molar-refractivity contribution in [2.45, 2.75) is 23.8 Å². The van der Waals surface area contributed by atoms with Gasteiger partial charge in [0.05, 0.1) is 12.0 Å². The molecule has 19 heavy (non-hydrogen) atoms. The van der Waals surface area contributed by atoms with Crippen LogP contribution < -0.4 is 5.11 Å². The van der Waals surface area contributed by atoms with Gasteiger partial charge in [0.15, 0.2) is 0 Å². The molecule has 6 heteroatoms. The maximum atomic E-state index is 13.0. The summed E-state index contributed by atoms with van der Waals surface area (Å²) in [7, 11) is 0. The van der Waals surface area contributed by atoms with E-state index < -0.39 is 16.9 Å². The molecule has 2 aliphatic heterocycles. The lowest BCUT2D eigenvalue weighted by Gasteiger charge is -2.34. The molecule has 0 bridgehead atoms. The van der Waals surface area contributed by atoms with Crippen molar-refractivity contribution in [3.05, 3.63) is 35.6 Å². The molecule has 2 fully saturated rings. The smallest absolute Gasteiger partial charge is 0.224 e. The van der Waals surface area contributed by atoms with E-state index in [4.69, 9.17) is 0 Å². The van der Waals surface area contributed by atoms with Gasteiger partial charge in [0.1, 0.15) is 10.7 Å². The highest BCUT2D eigenvalue weighted by Crippen LogP contribution is 2.54. The molecule has 0 spiro atoms. The van der Waals surface area contributed by atoms with Crippen LogP contribution in [0.5, 0.6) is 0 Å². The fraction of sp³-hybridized carbons (Fsp3) is 0.385. The van der Waals surface area contributed by atoms with Crippen LogP contribution in [0.15, 0.2) is 24.3 Å². The van der Waals surface area contributed by atoms with Crippen molar-refractivity contribution in [3.63, 3.8) is 0 Å². The van der Waals surface area contributed by atoms with Crippen LogP contribution >= 0.6 is 11.8 Å². The molecule has 100 valence electrons. The van der Waals surface area contributed by atoms with Crippen molar-refractivity contribution in [3.8, 4) is 0 Å². The molecule has 2 saturated heterocycles. The number of aliphatic carboxylic acids is 1. The van der Waals surface area contributed by atoms with Gasteiger partial charge in [0, 0.05) is 12.2 Å². The van der Waals surface area contributed by atoms with Crippen molar-refractivity contribution < 1.29 is 19.1 Å². The lowest BCUT2D eigenvalue weighted by atomic mass is 10.0. The summed E-state index contributed by atoms with van der Waals surface area (Å²) < 4.78 is 13.0. The number of carbonyl (C=O) groups excluding carboxylic acids is 2. The second kappa shape index (κ2) is 4.23. The molecule has 2 heterocycles. The largest absolute Gasteiger partial charge is 0.548 e. The molecule has 1 amide bonds. The summed E-state index contributed by atoms with van der Waals surface area (Å²) >= 11 is 1.42. The average molecular weight is 280 g/mol. The molecule has 0 N–H and O–H groups in total. The van der Waals surface area contributed by atoms with Crippen LogP contribution in [-0.4, -0.2) is 28.6 Å². The Balaban J connectivity index is 2.05. The summed E-state index contributed by atoms with van der Waals surface area (Å²) in [5, 5.41) is 11.1. The van der Waals surface area contributed by atoms with Gasteiger partial charge < -0.3 is 14.8 Å². The molecule has 1 aromatic carbocycles. The third-order valence-corrected chi connectivity index (χ3v) is 5.29. The van der Waals surface area contributed by atoms with Gasteiger partial charge in [-0.3, -0.25) is 4.79 Å². The Morgan fingerprint density at radius 1 is 1.42 bits per heavy atom. The second-order valence-corrected chi connectivity index (χ2v) is 6.00. The van der Waals surface area contributed by atoms with Gasteiger partial charge in [-0.15, -0.1) is 11.8 Å². The molecule has 0 unspecified atom stereocenters. The Morgan fingerprint density at radius 2 is 2.11 bits per heavy atom.